The smallest absolute Gasteiger partial charge is 0.270 e. The van der Waals surface area contributed by atoms with Crippen LogP contribution >= 0.6 is 23.3 Å². The van der Waals surface area contributed by atoms with Gasteiger partial charge in [0, 0.05) is 12.1 Å². The highest BCUT2D eigenvalue weighted by atomic mass is 35.5. The van der Waals surface area contributed by atoms with E-state index in [4.69, 9.17) is 30.5 Å². The summed E-state index contributed by atoms with van der Waals surface area (Å²) in [6.07, 6.45) is 0. The van der Waals surface area contributed by atoms with Crippen LogP contribution in [-0.2, 0) is 0 Å². The van der Waals surface area contributed by atoms with Crippen LogP contribution in [0.2, 0.25) is 5.15 Å². The number of benzene rings is 1. The van der Waals surface area contributed by atoms with E-state index in [1.807, 2.05) is 0 Å². The van der Waals surface area contributed by atoms with Crippen molar-refractivity contribution in [3.05, 3.63) is 17.3 Å². The van der Waals surface area contributed by atoms with Crippen LogP contribution in [0.5, 0.6) is 28.9 Å². The summed E-state index contributed by atoms with van der Waals surface area (Å²) in [4.78, 5) is 0. The molecule has 0 aliphatic rings. The maximum Gasteiger partial charge on any atom is 0.270 e. The topological polar surface area (TPSA) is 62.7 Å². The fourth-order valence-corrected chi connectivity index (χ4v) is 2.07. The predicted octanol–water partition coefficient (Wildman–Crippen LogP) is 3.01. The van der Waals surface area contributed by atoms with Crippen molar-refractivity contribution in [1.82, 2.24) is 8.75 Å². The third kappa shape index (κ3) is 2.82. The fraction of sp³-hybridized carbons (Fsp3) is 0.273. The minimum Gasteiger partial charge on any atom is -0.493 e. The third-order valence-electron chi connectivity index (χ3n) is 2.27. The van der Waals surface area contributed by atoms with Gasteiger partial charge in [0.2, 0.25) is 10.9 Å². The minimum atomic E-state index is 0.207. The molecule has 0 aliphatic heterocycles. The number of rotatable bonds is 5. The lowest BCUT2D eigenvalue weighted by atomic mass is 10.2. The number of methoxy groups -OCH3 is 3. The first-order chi connectivity index (χ1) is 9.19. The highest BCUT2D eigenvalue weighted by Gasteiger charge is 2.16. The van der Waals surface area contributed by atoms with E-state index in [2.05, 4.69) is 8.75 Å². The number of halogens is 1. The largest absolute Gasteiger partial charge is 0.493 e. The second-order valence-electron chi connectivity index (χ2n) is 3.32. The fourth-order valence-electron chi connectivity index (χ4n) is 1.46. The zero-order valence-electron chi connectivity index (χ0n) is 10.5. The molecule has 8 heteroatoms. The van der Waals surface area contributed by atoms with Crippen molar-refractivity contribution in [2.45, 2.75) is 0 Å². The Kier molecular flexibility index (Phi) is 4.28. The molecule has 1 aromatic carbocycles. The molecule has 1 heterocycles. The van der Waals surface area contributed by atoms with Gasteiger partial charge in [0.05, 0.1) is 33.1 Å². The molecule has 2 aromatic rings. The van der Waals surface area contributed by atoms with E-state index in [0.717, 1.165) is 11.7 Å². The zero-order valence-corrected chi connectivity index (χ0v) is 12.0. The second kappa shape index (κ2) is 5.94. The van der Waals surface area contributed by atoms with E-state index in [1.165, 1.54) is 21.3 Å². The monoisotopic (exact) mass is 302 g/mol. The van der Waals surface area contributed by atoms with E-state index >= 15 is 0 Å². The molecule has 0 fully saturated rings. The molecule has 0 atom stereocenters. The van der Waals surface area contributed by atoms with Crippen LogP contribution in [0, 0.1) is 0 Å². The number of ether oxygens (including phenoxy) is 4. The number of nitrogens with zero attached hydrogens (tertiary/aromatic N) is 2. The quantitative estimate of drug-likeness (QED) is 0.846. The van der Waals surface area contributed by atoms with Gasteiger partial charge in [0.25, 0.3) is 5.88 Å². The molecule has 0 N–H and O–H groups in total. The first kappa shape index (κ1) is 13.7. The van der Waals surface area contributed by atoms with Crippen molar-refractivity contribution >= 4 is 23.3 Å². The Morgan fingerprint density at radius 1 is 1.00 bits per heavy atom. The lowest BCUT2D eigenvalue weighted by Crippen LogP contribution is -1.96. The van der Waals surface area contributed by atoms with Crippen molar-refractivity contribution in [2.24, 2.45) is 0 Å². The Morgan fingerprint density at radius 2 is 1.63 bits per heavy atom. The van der Waals surface area contributed by atoms with Crippen molar-refractivity contribution in [1.29, 1.82) is 0 Å². The second-order valence-corrected chi connectivity index (χ2v) is 4.21. The van der Waals surface area contributed by atoms with Crippen LogP contribution in [0.1, 0.15) is 0 Å². The molecule has 1 aromatic heterocycles. The van der Waals surface area contributed by atoms with Crippen LogP contribution in [0.4, 0.5) is 0 Å². The van der Waals surface area contributed by atoms with Crippen molar-refractivity contribution < 1.29 is 18.9 Å². The summed E-state index contributed by atoms with van der Waals surface area (Å²) in [6.45, 7) is 0. The van der Waals surface area contributed by atoms with E-state index in [0.29, 0.717) is 23.0 Å². The van der Waals surface area contributed by atoms with Gasteiger partial charge in [-0.15, -0.1) is 4.37 Å². The van der Waals surface area contributed by atoms with Gasteiger partial charge >= 0.3 is 0 Å². The summed E-state index contributed by atoms with van der Waals surface area (Å²) >= 11 is 6.79. The Labute approximate surface area is 119 Å². The first-order valence-corrected chi connectivity index (χ1v) is 6.26. The van der Waals surface area contributed by atoms with Gasteiger partial charge in [-0.1, -0.05) is 11.6 Å². The highest BCUT2D eigenvalue weighted by molar-refractivity contribution is 6.99. The van der Waals surface area contributed by atoms with E-state index in [9.17, 15) is 0 Å². The van der Waals surface area contributed by atoms with Gasteiger partial charge in [-0.05, 0) is 0 Å². The molecule has 102 valence electrons. The first-order valence-electron chi connectivity index (χ1n) is 5.15. The van der Waals surface area contributed by atoms with E-state index in [-0.39, 0.29) is 11.0 Å². The molecule has 6 nitrogen and oxygen atoms in total. The summed E-state index contributed by atoms with van der Waals surface area (Å²) in [5, 5.41) is 0.207. The van der Waals surface area contributed by atoms with E-state index in [1.54, 1.807) is 12.1 Å². The molecule has 0 aliphatic carbocycles. The summed E-state index contributed by atoms with van der Waals surface area (Å²) < 4.78 is 28.9. The highest BCUT2D eigenvalue weighted by Crippen LogP contribution is 2.42. The molecule has 0 saturated heterocycles. The molecule has 2 rings (SSSR count). The van der Waals surface area contributed by atoms with Gasteiger partial charge in [0.15, 0.2) is 11.5 Å². The zero-order chi connectivity index (χ0) is 13.8. The SMILES string of the molecule is COc1cc(Oc2nsnc2Cl)cc(OC)c1OC. The molecular weight excluding hydrogens is 292 g/mol. The van der Waals surface area contributed by atoms with Crippen molar-refractivity contribution in [2.75, 3.05) is 21.3 Å². The van der Waals surface area contributed by atoms with Gasteiger partial charge in [-0.3, -0.25) is 0 Å². The van der Waals surface area contributed by atoms with Gasteiger partial charge in [-0.25, -0.2) is 0 Å². The average Bonchev–Trinajstić information content (AvgIpc) is 2.83. The minimum absolute atomic E-state index is 0.207. The molecule has 0 bridgehead atoms. The average molecular weight is 303 g/mol. The van der Waals surface area contributed by atoms with Crippen LogP contribution in [0.3, 0.4) is 0 Å². The van der Waals surface area contributed by atoms with E-state index < -0.39 is 0 Å². The number of hydrogen-bond donors (Lipinski definition) is 0. The molecule has 0 spiro atoms. The lowest BCUT2D eigenvalue weighted by Gasteiger charge is -2.13. The standard InChI is InChI=1S/C11H11ClN2O4S/c1-15-7-4-6(5-8(16-2)9(7)17-3)18-11-10(12)13-19-14-11/h4-5H,1-3H3. The van der Waals surface area contributed by atoms with Crippen LogP contribution in [0.15, 0.2) is 12.1 Å². The normalized spacial score (nSPS) is 10.1. The number of aromatic nitrogens is 2. The van der Waals surface area contributed by atoms with Crippen LogP contribution in [0.25, 0.3) is 0 Å². The lowest BCUT2D eigenvalue weighted by molar-refractivity contribution is 0.321. The van der Waals surface area contributed by atoms with Crippen molar-refractivity contribution in [3.63, 3.8) is 0 Å². The third-order valence-corrected chi connectivity index (χ3v) is 3.13. The van der Waals surface area contributed by atoms with Crippen LogP contribution in [-0.4, -0.2) is 30.1 Å². The number of hydrogen-bond acceptors (Lipinski definition) is 7. The maximum absolute atomic E-state index is 5.82. The predicted molar refractivity (Wildman–Crippen MR) is 71.1 cm³/mol. The Bertz CT molecular complexity index is 551. The van der Waals surface area contributed by atoms with Gasteiger partial charge < -0.3 is 18.9 Å². The van der Waals surface area contributed by atoms with Gasteiger partial charge in [-0.2, -0.15) is 4.37 Å². The summed E-state index contributed by atoms with van der Waals surface area (Å²) in [5.74, 6) is 2.15. The van der Waals surface area contributed by atoms with Gasteiger partial charge in [0.1, 0.15) is 5.75 Å². The van der Waals surface area contributed by atoms with Crippen LogP contribution < -0.4 is 18.9 Å². The summed E-state index contributed by atoms with van der Waals surface area (Å²) in [5.41, 5.74) is 0. The molecule has 19 heavy (non-hydrogen) atoms. The Balaban J connectivity index is 2.39. The Hall–Kier alpha value is -1.73. The molecular formula is C11H11ClN2O4S. The maximum atomic E-state index is 5.82. The Morgan fingerprint density at radius 3 is 2.05 bits per heavy atom. The molecule has 0 radical (unpaired) electrons. The van der Waals surface area contributed by atoms with Crippen molar-refractivity contribution in [3.8, 4) is 28.9 Å². The summed E-state index contributed by atoms with van der Waals surface area (Å²) in [7, 11) is 4.58. The summed E-state index contributed by atoms with van der Waals surface area (Å²) in [6, 6.07) is 3.30. The molecule has 0 unspecified atom stereocenters. The molecule has 0 amide bonds. The molecule has 0 saturated carbocycles.